The SMILES string of the molecule is CCCCOC1CC(Br)C12CCCCC2. The van der Waals surface area contributed by atoms with Crippen LogP contribution >= 0.6 is 15.9 Å². The average molecular weight is 275 g/mol. The molecule has 0 N–H and O–H groups in total. The Bertz CT molecular complexity index is 199. The van der Waals surface area contributed by atoms with Gasteiger partial charge in [-0.3, -0.25) is 0 Å². The second kappa shape index (κ2) is 5.18. The number of hydrogen-bond acceptors (Lipinski definition) is 1. The van der Waals surface area contributed by atoms with Crippen molar-refractivity contribution in [2.75, 3.05) is 6.61 Å². The second-order valence-electron chi connectivity index (χ2n) is 5.21. The van der Waals surface area contributed by atoms with E-state index in [1.807, 2.05) is 0 Å². The van der Waals surface area contributed by atoms with Crippen molar-refractivity contribution < 1.29 is 4.74 Å². The van der Waals surface area contributed by atoms with E-state index in [-0.39, 0.29) is 0 Å². The molecule has 15 heavy (non-hydrogen) atoms. The molecule has 2 fully saturated rings. The highest BCUT2D eigenvalue weighted by atomic mass is 79.9. The molecule has 2 saturated carbocycles. The van der Waals surface area contributed by atoms with Crippen LogP contribution in [0.15, 0.2) is 0 Å². The smallest absolute Gasteiger partial charge is 0.0652 e. The zero-order chi connectivity index (χ0) is 10.7. The Morgan fingerprint density at radius 2 is 2.00 bits per heavy atom. The fourth-order valence-electron chi connectivity index (χ4n) is 3.15. The van der Waals surface area contributed by atoms with Gasteiger partial charge in [-0.25, -0.2) is 0 Å². The highest BCUT2D eigenvalue weighted by Crippen LogP contribution is 2.56. The second-order valence-corrected chi connectivity index (χ2v) is 6.32. The normalized spacial score (nSPS) is 34.0. The molecule has 0 radical (unpaired) electrons. The van der Waals surface area contributed by atoms with Crippen LogP contribution in [0.4, 0.5) is 0 Å². The van der Waals surface area contributed by atoms with Crippen LogP contribution in [0.1, 0.15) is 58.3 Å². The zero-order valence-corrected chi connectivity index (χ0v) is 11.4. The van der Waals surface area contributed by atoms with E-state index in [0.29, 0.717) is 11.5 Å². The quantitative estimate of drug-likeness (QED) is 0.549. The summed E-state index contributed by atoms with van der Waals surface area (Å²) in [6.45, 7) is 3.20. The molecule has 0 aromatic heterocycles. The number of halogens is 1. The molecule has 0 heterocycles. The highest BCUT2D eigenvalue weighted by Gasteiger charge is 2.54. The van der Waals surface area contributed by atoms with Gasteiger partial charge in [-0.1, -0.05) is 48.5 Å². The van der Waals surface area contributed by atoms with Crippen molar-refractivity contribution >= 4 is 15.9 Å². The Morgan fingerprint density at radius 1 is 1.27 bits per heavy atom. The summed E-state index contributed by atoms with van der Waals surface area (Å²) < 4.78 is 6.05. The molecule has 0 aliphatic heterocycles. The molecular formula is C13H23BrO. The van der Waals surface area contributed by atoms with E-state index >= 15 is 0 Å². The van der Waals surface area contributed by atoms with Crippen molar-refractivity contribution in [3.63, 3.8) is 0 Å². The Labute approximate surface area is 102 Å². The molecule has 2 aliphatic carbocycles. The molecule has 2 atom stereocenters. The van der Waals surface area contributed by atoms with Crippen LogP contribution in [0.3, 0.4) is 0 Å². The molecule has 88 valence electrons. The molecule has 0 saturated heterocycles. The fraction of sp³-hybridized carbons (Fsp3) is 1.00. The minimum Gasteiger partial charge on any atom is -0.378 e. The van der Waals surface area contributed by atoms with E-state index in [1.165, 1.54) is 51.4 Å². The zero-order valence-electron chi connectivity index (χ0n) is 9.80. The third-order valence-corrected chi connectivity index (χ3v) is 5.57. The predicted octanol–water partition coefficient (Wildman–Crippen LogP) is 4.29. The van der Waals surface area contributed by atoms with Gasteiger partial charge in [0.05, 0.1) is 6.10 Å². The van der Waals surface area contributed by atoms with Gasteiger partial charge < -0.3 is 4.74 Å². The first kappa shape index (κ1) is 11.9. The molecule has 1 nitrogen and oxygen atoms in total. The lowest BCUT2D eigenvalue weighted by atomic mass is 9.58. The van der Waals surface area contributed by atoms with E-state index in [1.54, 1.807) is 0 Å². The molecule has 0 bridgehead atoms. The van der Waals surface area contributed by atoms with Gasteiger partial charge in [0.25, 0.3) is 0 Å². The Morgan fingerprint density at radius 3 is 2.60 bits per heavy atom. The summed E-state index contributed by atoms with van der Waals surface area (Å²) in [5.74, 6) is 0. The van der Waals surface area contributed by atoms with Crippen molar-refractivity contribution in [3.05, 3.63) is 0 Å². The first-order valence-electron chi connectivity index (χ1n) is 6.55. The van der Waals surface area contributed by atoms with Gasteiger partial charge in [0.1, 0.15) is 0 Å². The first-order valence-corrected chi connectivity index (χ1v) is 7.47. The maximum Gasteiger partial charge on any atom is 0.0652 e. The Kier molecular flexibility index (Phi) is 4.11. The summed E-state index contributed by atoms with van der Waals surface area (Å²) in [5, 5.41) is 0. The topological polar surface area (TPSA) is 9.23 Å². The van der Waals surface area contributed by atoms with Crippen molar-refractivity contribution in [1.29, 1.82) is 0 Å². The van der Waals surface area contributed by atoms with Crippen molar-refractivity contribution in [2.45, 2.75) is 69.2 Å². The van der Waals surface area contributed by atoms with Gasteiger partial charge in [-0.05, 0) is 25.7 Å². The summed E-state index contributed by atoms with van der Waals surface area (Å²) in [4.78, 5) is 0.733. The van der Waals surface area contributed by atoms with Crippen LogP contribution in [0, 0.1) is 5.41 Å². The lowest BCUT2D eigenvalue weighted by Gasteiger charge is -2.55. The van der Waals surface area contributed by atoms with Gasteiger partial charge >= 0.3 is 0 Å². The van der Waals surface area contributed by atoms with Gasteiger partial charge in [-0.15, -0.1) is 0 Å². The van der Waals surface area contributed by atoms with E-state index < -0.39 is 0 Å². The van der Waals surface area contributed by atoms with Gasteiger partial charge in [-0.2, -0.15) is 0 Å². The maximum absolute atomic E-state index is 6.05. The molecule has 1 spiro atoms. The van der Waals surface area contributed by atoms with Crippen molar-refractivity contribution in [3.8, 4) is 0 Å². The Balaban J connectivity index is 1.84. The third kappa shape index (κ3) is 2.26. The largest absolute Gasteiger partial charge is 0.378 e. The maximum atomic E-state index is 6.05. The van der Waals surface area contributed by atoms with Crippen LogP contribution in [-0.4, -0.2) is 17.5 Å². The molecule has 0 aromatic carbocycles. The summed E-state index contributed by atoms with van der Waals surface area (Å²) in [7, 11) is 0. The molecule has 2 unspecified atom stereocenters. The van der Waals surface area contributed by atoms with Crippen LogP contribution < -0.4 is 0 Å². The molecule has 0 aromatic rings. The van der Waals surface area contributed by atoms with E-state index in [0.717, 1.165) is 11.4 Å². The van der Waals surface area contributed by atoms with Crippen LogP contribution in [0.25, 0.3) is 0 Å². The lowest BCUT2D eigenvalue weighted by Crippen LogP contribution is -2.56. The lowest BCUT2D eigenvalue weighted by molar-refractivity contribution is -0.121. The molecule has 0 amide bonds. The number of ether oxygens (including phenoxy) is 1. The summed E-state index contributed by atoms with van der Waals surface area (Å²) in [6.07, 6.45) is 11.3. The number of rotatable bonds is 4. The van der Waals surface area contributed by atoms with Gasteiger partial charge in [0.2, 0.25) is 0 Å². The number of unbranched alkanes of at least 4 members (excludes halogenated alkanes) is 1. The standard InChI is InChI=1S/C13H23BrO/c1-2-3-9-15-12-10-11(14)13(12)7-5-4-6-8-13/h11-12H,2-10H2,1H3. The van der Waals surface area contributed by atoms with Crippen LogP contribution in [0.2, 0.25) is 0 Å². The summed E-state index contributed by atoms with van der Waals surface area (Å²) >= 11 is 3.85. The molecule has 2 rings (SSSR count). The van der Waals surface area contributed by atoms with Crippen LogP contribution in [-0.2, 0) is 4.74 Å². The van der Waals surface area contributed by atoms with E-state index in [9.17, 15) is 0 Å². The van der Waals surface area contributed by atoms with Gasteiger partial charge in [0, 0.05) is 16.8 Å². The summed E-state index contributed by atoms with van der Waals surface area (Å²) in [5.41, 5.74) is 0.520. The highest BCUT2D eigenvalue weighted by molar-refractivity contribution is 9.09. The predicted molar refractivity (Wildman–Crippen MR) is 67.5 cm³/mol. The van der Waals surface area contributed by atoms with Crippen molar-refractivity contribution in [1.82, 2.24) is 0 Å². The van der Waals surface area contributed by atoms with E-state index in [2.05, 4.69) is 22.9 Å². The third-order valence-electron chi connectivity index (χ3n) is 4.29. The molecular weight excluding hydrogens is 252 g/mol. The number of hydrogen-bond donors (Lipinski definition) is 0. The van der Waals surface area contributed by atoms with Crippen LogP contribution in [0.5, 0.6) is 0 Å². The molecule has 2 heteroatoms. The minimum absolute atomic E-state index is 0.520. The number of alkyl halides is 1. The minimum atomic E-state index is 0.520. The molecule has 2 aliphatic rings. The Hall–Kier alpha value is 0.440. The van der Waals surface area contributed by atoms with E-state index in [4.69, 9.17) is 4.74 Å². The van der Waals surface area contributed by atoms with Gasteiger partial charge in [0.15, 0.2) is 0 Å². The fourth-order valence-corrected chi connectivity index (χ4v) is 4.24. The van der Waals surface area contributed by atoms with Crippen molar-refractivity contribution in [2.24, 2.45) is 5.41 Å². The first-order chi connectivity index (χ1) is 7.29. The summed E-state index contributed by atoms with van der Waals surface area (Å²) in [6, 6.07) is 0. The monoisotopic (exact) mass is 274 g/mol. The average Bonchev–Trinajstić information content (AvgIpc) is 2.29.